The Morgan fingerprint density at radius 1 is 1.21 bits per heavy atom. The molecule has 1 aromatic rings. The van der Waals surface area contributed by atoms with Gasteiger partial charge in [-0.25, -0.2) is 0 Å². The lowest BCUT2D eigenvalue weighted by atomic mass is 9.85. The molecular weight excluding hydrogens is 354 g/mol. The Bertz CT molecular complexity index is 741. The van der Waals surface area contributed by atoms with Crippen LogP contribution >= 0.6 is 0 Å². The van der Waals surface area contributed by atoms with Gasteiger partial charge in [0.2, 0.25) is 0 Å². The van der Waals surface area contributed by atoms with Crippen LogP contribution in [0.4, 0.5) is 0 Å². The van der Waals surface area contributed by atoms with Crippen molar-refractivity contribution in [2.45, 2.75) is 58.9 Å². The molecule has 0 saturated heterocycles. The van der Waals surface area contributed by atoms with Gasteiger partial charge in [-0.05, 0) is 28.9 Å². The number of aliphatic hydroxyl groups is 1. The molecule has 0 fully saturated rings. The number of carbonyl (C=O) groups excluding carboxylic acids is 2. The van der Waals surface area contributed by atoms with Crippen LogP contribution in [0.1, 0.15) is 64.6 Å². The van der Waals surface area contributed by atoms with E-state index >= 15 is 0 Å². The Morgan fingerprint density at radius 3 is 2.32 bits per heavy atom. The molecule has 0 aromatic heterocycles. The number of benzene rings is 1. The van der Waals surface area contributed by atoms with Crippen LogP contribution in [0.3, 0.4) is 0 Å². The molecule has 1 N–H and O–H groups in total. The Hall–Kier alpha value is -2.14. The highest BCUT2D eigenvalue weighted by Gasteiger charge is 2.43. The summed E-state index contributed by atoms with van der Waals surface area (Å²) in [6.07, 6.45) is 0.937. The number of aliphatic hydroxyl groups excluding tert-OH is 1. The molecule has 0 radical (unpaired) electrons. The van der Waals surface area contributed by atoms with Gasteiger partial charge in [-0.15, -0.1) is 0 Å². The van der Waals surface area contributed by atoms with Crippen LogP contribution in [-0.4, -0.2) is 42.0 Å². The number of ether oxygens (including phenoxy) is 1. The Labute approximate surface area is 168 Å². The van der Waals surface area contributed by atoms with Crippen LogP contribution in [-0.2, 0) is 19.7 Å². The van der Waals surface area contributed by atoms with E-state index in [4.69, 9.17) is 4.74 Å². The lowest BCUT2D eigenvalue weighted by molar-refractivity contribution is -0.129. The standard InChI is InChI=1S/C23H33NO4/c1-15(2)14-18(25)19-20(16-8-10-17(11-9-16)23(3,4)5)24(12-7-13-28-6)22(27)21(19)26/h8-11,15,20,26H,7,12-14H2,1-6H3. The molecule has 0 saturated carbocycles. The third-order valence-electron chi connectivity index (χ3n) is 5.04. The van der Waals surface area contributed by atoms with Crippen molar-refractivity contribution < 1.29 is 19.4 Å². The maximum atomic E-state index is 12.9. The first kappa shape index (κ1) is 22.2. The highest BCUT2D eigenvalue weighted by atomic mass is 16.5. The molecule has 1 aromatic carbocycles. The Balaban J connectivity index is 2.44. The third-order valence-corrected chi connectivity index (χ3v) is 5.04. The van der Waals surface area contributed by atoms with Crippen LogP contribution in [0.5, 0.6) is 0 Å². The second kappa shape index (κ2) is 8.91. The van der Waals surface area contributed by atoms with Crippen LogP contribution < -0.4 is 0 Å². The number of methoxy groups -OCH3 is 1. The van der Waals surface area contributed by atoms with Gasteiger partial charge in [-0.1, -0.05) is 58.9 Å². The van der Waals surface area contributed by atoms with E-state index in [0.717, 1.165) is 5.56 Å². The number of nitrogens with zero attached hydrogens (tertiary/aromatic N) is 1. The summed E-state index contributed by atoms with van der Waals surface area (Å²) in [5, 5.41) is 10.5. The van der Waals surface area contributed by atoms with E-state index < -0.39 is 17.7 Å². The first-order valence-electron chi connectivity index (χ1n) is 9.94. The second-order valence-electron chi connectivity index (χ2n) is 8.90. The van der Waals surface area contributed by atoms with Gasteiger partial charge in [0.05, 0.1) is 11.6 Å². The minimum absolute atomic E-state index is 0.0104. The van der Waals surface area contributed by atoms with E-state index in [1.54, 1.807) is 12.0 Å². The summed E-state index contributed by atoms with van der Waals surface area (Å²) < 4.78 is 5.10. The van der Waals surface area contributed by atoms with E-state index in [9.17, 15) is 14.7 Å². The lowest BCUT2D eigenvalue weighted by Crippen LogP contribution is -2.32. The SMILES string of the molecule is COCCCN1C(=O)C(O)=C(C(=O)CC(C)C)C1c1ccc(C(C)(C)C)cc1. The third kappa shape index (κ3) is 4.82. The van der Waals surface area contributed by atoms with Crippen molar-refractivity contribution >= 4 is 11.7 Å². The fourth-order valence-corrected chi connectivity index (χ4v) is 3.54. The zero-order valence-electron chi connectivity index (χ0n) is 17.9. The van der Waals surface area contributed by atoms with Crippen molar-refractivity contribution in [3.63, 3.8) is 0 Å². The molecule has 1 aliphatic heterocycles. The molecule has 0 bridgehead atoms. The van der Waals surface area contributed by atoms with Crippen molar-refractivity contribution in [3.05, 3.63) is 46.7 Å². The zero-order chi connectivity index (χ0) is 21.1. The summed E-state index contributed by atoms with van der Waals surface area (Å²) in [5.41, 5.74) is 2.25. The van der Waals surface area contributed by atoms with Crippen LogP contribution in [0.25, 0.3) is 0 Å². The second-order valence-corrected chi connectivity index (χ2v) is 8.90. The molecule has 2 rings (SSSR count). The summed E-state index contributed by atoms with van der Waals surface area (Å²) in [6.45, 7) is 11.3. The molecule has 0 aliphatic carbocycles. The van der Waals surface area contributed by atoms with Crippen molar-refractivity contribution in [1.82, 2.24) is 4.90 Å². The fourth-order valence-electron chi connectivity index (χ4n) is 3.54. The van der Waals surface area contributed by atoms with Crippen LogP contribution in [0.2, 0.25) is 0 Å². The molecule has 154 valence electrons. The van der Waals surface area contributed by atoms with E-state index in [0.29, 0.717) is 26.0 Å². The quantitative estimate of drug-likeness (QED) is 0.674. The predicted octanol–water partition coefficient (Wildman–Crippen LogP) is 4.33. The maximum absolute atomic E-state index is 12.9. The molecule has 1 atom stereocenters. The maximum Gasteiger partial charge on any atom is 0.290 e. The molecule has 1 unspecified atom stereocenters. The Kier molecular flexibility index (Phi) is 7.05. The Morgan fingerprint density at radius 2 is 1.82 bits per heavy atom. The summed E-state index contributed by atoms with van der Waals surface area (Å²) in [4.78, 5) is 27.2. The van der Waals surface area contributed by atoms with Gasteiger partial charge in [0.15, 0.2) is 11.5 Å². The van der Waals surface area contributed by atoms with Crippen molar-refractivity contribution in [2.75, 3.05) is 20.3 Å². The molecule has 28 heavy (non-hydrogen) atoms. The lowest BCUT2D eigenvalue weighted by Gasteiger charge is -2.28. The highest BCUT2D eigenvalue weighted by Crippen LogP contribution is 2.39. The number of hydrogen-bond donors (Lipinski definition) is 1. The average Bonchev–Trinajstić information content (AvgIpc) is 2.85. The number of ketones is 1. The van der Waals surface area contributed by atoms with E-state index in [1.807, 2.05) is 38.1 Å². The predicted molar refractivity (Wildman–Crippen MR) is 110 cm³/mol. The number of amides is 1. The summed E-state index contributed by atoms with van der Waals surface area (Å²) in [5.74, 6) is -0.907. The molecule has 1 amide bonds. The topological polar surface area (TPSA) is 66.8 Å². The number of rotatable bonds is 8. The van der Waals surface area contributed by atoms with Crippen LogP contribution in [0, 0.1) is 5.92 Å². The smallest absolute Gasteiger partial charge is 0.290 e. The van der Waals surface area contributed by atoms with Gasteiger partial charge < -0.3 is 14.7 Å². The monoisotopic (exact) mass is 387 g/mol. The van der Waals surface area contributed by atoms with E-state index in [2.05, 4.69) is 20.8 Å². The van der Waals surface area contributed by atoms with Gasteiger partial charge in [-0.3, -0.25) is 9.59 Å². The highest BCUT2D eigenvalue weighted by molar-refractivity contribution is 6.09. The van der Waals surface area contributed by atoms with Gasteiger partial charge in [0, 0.05) is 26.7 Å². The van der Waals surface area contributed by atoms with Gasteiger partial charge in [0.1, 0.15) is 0 Å². The first-order valence-corrected chi connectivity index (χ1v) is 9.94. The first-order chi connectivity index (χ1) is 13.1. The summed E-state index contributed by atoms with van der Waals surface area (Å²) >= 11 is 0. The van der Waals surface area contributed by atoms with Gasteiger partial charge >= 0.3 is 0 Å². The van der Waals surface area contributed by atoms with Gasteiger partial charge in [0.25, 0.3) is 5.91 Å². The summed E-state index contributed by atoms with van der Waals surface area (Å²) in [7, 11) is 1.61. The van der Waals surface area contributed by atoms with E-state index in [-0.39, 0.29) is 22.7 Å². The normalized spacial score (nSPS) is 17.8. The largest absolute Gasteiger partial charge is 0.503 e. The fraction of sp³-hybridized carbons (Fsp3) is 0.565. The minimum Gasteiger partial charge on any atom is -0.503 e. The average molecular weight is 388 g/mol. The number of hydrogen-bond acceptors (Lipinski definition) is 4. The minimum atomic E-state index is -0.551. The zero-order valence-corrected chi connectivity index (χ0v) is 17.9. The van der Waals surface area contributed by atoms with E-state index in [1.165, 1.54) is 5.56 Å². The van der Waals surface area contributed by atoms with Crippen LogP contribution in [0.15, 0.2) is 35.6 Å². The molecule has 5 heteroatoms. The molecule has 5 nitrogen and oxygen atoms in total. The number of carbonyl (C=O) groups is 2. The van der Waals surface area contributed by atoms with Crippen molar-refractivity contribution in [1.29, 1.82) is 0 Å². The molecule has 1 heterocycles. The van der Waals surface area contributed by atoms with Crippen molar-refractivity contribution in [2.24, 2.45) is 5.92 Å². The molecule has 0 spiro atoms. The van der Waals surface area contributed by atoms with Crippen molar-refractivity contribution in [3.8, 4) is 0 Å². The number of Topliss-reactive ketones (excluding diaryl/α,β-unsaturated/α-hetero) is 1. The molecule has 1 aliphatic rings. The van der Waals surface area contributed by atoms with Gasteiger partial charge in [-0.2, -0.15) is 0 Å². The summed E-state index contributed by atoms with van der Waals surface area (Å²) in [6, 6.07) is 7.44. The molecular formula is C23H33NO4.